The second-order valence-corrected chi connectivity index (χ2v) is 5.36. The number of hydrogen-bond donors (Lipinski definition) is 2. The van der Waals surface area contributed by atoms with Crippen molar-refractivity contribution in [1.82, 2.24) is 0 Å². The third kappa shape index (κ3) is 2.02. The zero-order valence-corrected chi connectivity index (χ0v) is 10.2. The van der Waals surface area contributed by atoms with E-state index in [0.29, 0.717) is 5.75 Å². The fourth-order valence-corrected chi connectivity index (χ4v) is 2.91. The maximum Gasteiger partial charge on any atom is 0.303 e. The predicted molar refractivity (Wildman–Crippen MR) is 65.2 cm³/mol. The van der Waals surface area contributed by atoms with E-state index in [-0.39, 0.29) is 17.8 Å². The lowest BCUT2D eigenvalue weighted by Gasteiger charge is -2.40. The maximum atomic E-state index is 10.9. The van der Waals surface area contributed by atoms with Crippen LogP contribution in [-0.4, -0.2) is 16.2 Å². The van der Waals surface area contributed by atoms with E-state index < -0.39 is 5.97 Å². The van der Waals surface area contributed by atoms with E-state index in [1.807, 2.05) is 12.1 Å². The van der Waals surface area contributed by atoms with Crippen molar-refractivity contribution in [3.05, 3.63) is 29.3 Å². The summed E-state index contributed by atoms with van der Waals surface area (Å²) in [5.41, 5.74) is 1.89. The van der Waals surface area contributed by atoms with Crippen molar-refractivity contribution >= 4 is 5.97 Å². The molecule has 0 saturated heterocycles. The van der Waals surface area contributed by atoms with Crippen LogP contribution < -0.4 is 0 Å². The molecule has 1 aliphatic rings. The molecule has 1 aromatic carbocycles. The maximum absolute atomic E-state index is 10.9. The van der Waals surface area contributed by atoms with Crippen LogP contribution in [0.2, 0.25) is 0 Å². The number of hydrogen-bond acceptors (Lipinski definition) is 2. The first-order valence-corrected chi connectivity index (χ1v) is 5.96. The first kappa shape index (κ1) is 12.0. The van der Waals surface area contributed by atoms with Gasteiger partial charge in [-0.3, -0.25) is 4.79 Å². The Morgan fingerprint density at radius 3 is 2.82 bits per heavy atom. The van der Waals surface area contributed by atoms with Crippen molar-refractivity contribution in [2.24, 2.45) is 5.92 Å². The van der Waals surface area contributed by atoms with Gasteiger partial charge in [0.1, 0.15) is 5.75 Å². The number of fused-ring (bicyclic) bond motifs is 1. The number of aliphatic carboxylic acids is 1. The highest BCUT2D eigenvalue weighted by molar-refractivity contribution is 5.67. The number of aromatic hydroxyl groups is 1. The van der Waals surface area contributed by atoms with E-state index in [0.717, 1.165) is 24.0 Å². The molecule has 3 heteroatoms. The van der Waals surface area contributed by atoms with Crippen molar-refractivity contribution < 1.29 is 15.0 Å². The SMILES string of the molecule is CC1(C)c2cccc(O)c2CCC1CC(=O)O. The quantitative estimate of drug-likeness (QED) is 0.827. The first-order valence-electron chi connectivity index (χ1n) is 5.96. The van der Waals surface area contributed by atoms with Crippen LogP contribution in [0.4, 0.5) is 0 Å². The third-order valence-electron chi connectivity index (χ3n) is 4.03. The largest absolute Gasteiger partial charge is 0.508 e. The molecule has 1 aromatic rings. The molecule has 0 saturated carbocycles. The van der Waals surface area contributed by atoms with E-state index >= 15 is 0 Å². The van der Waals surface area contributed by atoms with Crippen LogP contribution in [0.5, 0.6) is 5.75 Å². The van der Waals surface area contributed by atoms with Crippen LogP contribution in [0, 0.1) is 5.92 Å². The van der Waals surface area contributed by atoms with Gasteiger partial charge >= 0.3 is 5.97 Å². The number of benzene rings is 1. The van der Waals surface area contributed by atoms with Gasteiger partial charge in [-0.05, 0) is 41.4 Å². The van der Waals surface area contributed by atoms with Gasteiger partial charge < -0.3 is 10.2 Å². The van der Waals surface area contributed by atoms with E-state index in [2.05, 4.69) is 13.8 Å². The van der Waals surface area contributed by atoms with E-state index in [1.54, 1.807) is 6.07 Å². The Hall–Kier alpha value is -1.51. The van der Waals surface area contributed by atoms with Gasteiger partial charge in [0, 0.05) is 6.42 Å². The molecule has 0 spiro atoms. The summed E-state index contributed by atoms with van der Waals surface area (Å²) in [6, 6.07) is 5.54. The van der Waals surface area contributed by atoms with Crippen molar-refractivity contribution in [1.29, 1.82) is 0 Å². The van der Waals surface area contributed by atoms with Crippen LogP contribution in [0.25, 0.3) is 0 Å². The highest BCUT2D eigenvalue weighted by atomic mass is 16.4. The number of carbonyl (C=O) groups is 1. The molecule has 2 rings (SSSR count). The minimum atomic E-state index is -0.744. The van der Waals surface area contributed by atoms with Gasteiger partial charge in [-0.25, -0.2) is 0 Å². The van der Waals surface area contributed by atoms with Crippen molar-refractivity contribution in [3.8, 4) is 5.75 Å². The standard InChI is InChI=1S/C14H18O3/c1-14(2)9(8-13(16)17)6-7-10-11(14)4-3-5-12(10)15/h3-5,9,15H,6-8H2,1-2H3,(H,16,17). The summed E-state index contributed by atoms with van der Waals surface area (Å²) in [4.78, 5) is 10.9. The topological polar surface area (TPSA) is 57.5 Å². The fourth-order valence-electron chi connectivity index (χ4n) is 2.91. The summed E-state index contributed by atoms with van der Waals surface area (Å²) in [6.45, 7) is 4.14. The monoisotopic (exact) mass is 234 g/mol. The molecule has 1 unspecified atom stereocenters. The molecule has 0 fully saturated rings. The summed E-state index contributed by atoms with van der Waals surface area (Å²) >= 11 is 0. The second-order valence-electron chi connectivity index (χ2n) is 5.36. The summed E-state index contributed by atoms with van der Waals surface area (Å²) in [5, 5.41) is 18.8. The van der Waals surface area contributed by atoms with Crippen LogP contribution in [-0.2, 0) is 16.6 Å². The second kappa shape index (κ2) is 4.06. The van der Waals surface area contributed by atoms with Gasteiger partial charge in [0.25, 0.3) is 0 Å². The number of phenols is 1. The zero-order chi connectivity index (χ0) is 12.6. The van der Waals surface area contributed by atoms with E-state index in [4.69, 9.17) is 5.11 Å². The lowest BCUT2D eigenvalue weighted by atomic mass is 9.64. The highest BCUT2D eigenvalue weighted by Crippen LogP contribution is 2.45. The average Bonchev–Trinajstić information content (AvgIpc) is 2.23. The normalized spacial score (nSPS) is 21.9. The molecule has 0 aromatic heterocycles. The number of carboxylic acid groups (broad SMARTS) is 1. The van der Waals surface area contributed by atoms with Crippen LogP contribution >= 0.6 is 0 Å². The Morgan fingerprint density at radius 1 is 1.47 bits per heavy atom. The number of phenolic OH excluding ortho intramolecular Hbond substituents is 1. The Labute approximate surface area is 101 Å². The first-order chi connectivity index (χ1) is 7.93. The highest BCUT2D eigenvalue weighted by Gasteiger charge is 2.38. The van der Waals surface area contributed by atoms with Crippen molar-refractivity contribution in [2.45, 2.75) is 38.5 Å². The van der Waals surface area contributed by atoms with Gasteiger partial charge in [-0.1, -0.05) is 26.0 Å². The number of carboxylic acids is 1. The molecular weight excluding hydrogens is 216 g/mol. The van der Waals surface area contributed by atoms with Gasteiger partial charge in [0.15, 0.2) is 0 Å². The van der Waals surface area contributed by atoms with Crippen molar-refractivity contribution in [3.63, 3.8) is 0 Å². The average molecular weight is 234 g/mol. The van der Waals surface area contributed by atoms with Gasteiger partial charge in [-0.2, -0.15) is 0 Å². The number of rotatable bonds is 2. The summed E-state index contributed by atoms with van der Waals surface area (Å²) in [5.74, 6) is -0.273. The molecule has 0 amide bonds. The van der Waals surface area contributed by atoms with Crippen molar-refractivity contribution in [2.75, 3.05) is 0 Å². The molecule has 2 N–H and O–H groups in total. The smallest absolute Gasteiger partial charge is 0.303 e. The molecule has 0 bridgehead atoms. The van der Waals surface area contributed by atoms with Crippen LogP contribution in [0.15, 0.2) is 18.2 Å². The summed E-state index contributed by atoms with van der Waals surface area (Å²) in [6.07, 6.45) is 1.79. The summed E-state index contributed by atoms with van der Waals surface area (Å²) in [7, 11) is 0. The van der Waals surface area contributed by atoms with E-state index in [9.17, 15) is 9.90 Å². The molecule has 1 atom stereocenters. The lowest BCUT2D eigenvalue weighted by Crippen LogP contribution is -2.35. The minimum Gasteiger partial charge on any atom is -0.508 e. The predicted octanol–water partition coefficient (Wildman–Crippen LogP) is 2.71. The molecule has 17 heavy (non-hydrogen) atoms. The van der Waals surface area contributed by atoms with Gasteiger partial charge in [0.2, 0.25) is 0 Å². The Morgan fingerprint density at radius 2 is 2.18 bits per heavy atom. The lowest BCUT2D eigenvalue weighted by molar-refractivity contribution is -0.138. The third-order valence-corrected chi connectivity index (χ3v) is 4.03. The van der Waals surface area contributed by atoms with Gasteiger partial charge in [-0.15, -0.1) is 0 Å². The molecule has 92 valence electrons. The fraction of sp³-hybridized carbons (Fsp3) is 0.500. The van der Waals surface area contributed by atoms with Crippen LogP contribution in [0.1, 0.15) is 37.8 Å². The minimum absolute atomic E-state index is 0.134. The Balaban J connectivity index is 2.41. The Bertz CT molecular complexity index is 449. The summed E-state index contributed by atoms with van der Waals surface area (Å²) < 4.78 is 0. The molecule has 1 aliphatic carbocycles. The molecule has 0 aliphatic heterocycles. The zero-order valence-electron chi connectivity index (χ0n) is 10.2. The van der Waals surface area contributed by atoms with Crippen LogP contribution in [0.3, 0.4) is 0 Å². The molecule has 0 radical (unpaired) electrons. The molecular formula is C14H18O3. The molecule has 0 heterocycles. The molecule has 3 nitrogen and oxygen atoms in total. The Kier molecular flexibility index (Phi) is 2.86. The van der Waals surface area contributed by atoms with Gasteiger partial charge in [0.05, 0.1) is 0 Å². The van der Waals surface area contributed by atoms with E-state index in [1.165, 1.54) is 0 Å².